The summed E-state index contributed by atoms with van der Waals surface area (Å²) in [6.07, 6.45) is 0.183. The molecule has 2 aliphatic heterocycles. The van der Waals surface area contributed by atoms with Crippen LogP contribution in [-0.4, -0.2) is 97.7 Å². The van der Waals surface area contributed by atoms with Crippen molar-refractivity contribution >= 4 is 35.8 Å². The van der Waals surface area contributed by atoms with Gasteiger partial charge in [0.05, 0.1) is 25.0 Å². The number of aliphatic hydroxyl groups excluding tert-OH is 1. The standard InChI is InChI=1S/C41H58O16/c1-8-32-33(21-30(47)16-14-12-10-9-11-13-15-29-17-19-31(20-18-29)52-25(3)43)34(39(48)49-7)22-51-40(32)57-41-38(55-28(6)46)37(54-27(5)45)36(53-26(4)44)35(56-41)23-50-24(2)42/h17-20,22,30,32-33,35-38,40-41,47H,8-16,21,23H2,1-7H3/t30-,32-,33+,35-,36-,37+,38-,40+,41+/m1/s1. The highest BCUT2D eigenvalue weighted by molar-refractivity contribution is 5.88. The van der Waals surface area contributed by atoms with E-state index in [9.17, 15) is 33.9 Å². The molecule has 0 saturated carbocycles. The van der Waals surface area contributed by atoms with Crippen molar-refractivity contribution in [3.63, 3.8) is 0 Å². The molecule has 9 atom stereocenters. The second kappa shape index (κ2) is 23.6. The average Bonchev–Trinajstić information content (AvgIpc) is 3.14. The van der Waals surface area contributed by atoms with E-state index >= 15 is 0 Å². The van der Waals surface area contributed by atoms with E-state index in [2.05, 4.69) is 0 Å². The van der Waals surface area contributed by atoms with Crippen molar-refractivity contribution in [3.05, 3.63) is 41.7 Å². The molecule has 0 radical (unpaired) electrons. The maximum atomic E-state index is 12.9. The molecule has 57 heavy (non-hydrogen) atoms. The molecule has 0 spiro atoms. The second-order valence-electron chi connectivity index (χ2n) is 14.2. The molecule has 0 bridgehead atoms. The average molecular weight is 807 g/mol. The molecule has 2 heterocycles. The van der Waals surface area contributed by atoms with Crippen LogP contribution in [0.4, 0.5) is 0 Å². The lowest BCUT2D eigenvalue weighted by Gasteiger charge is -2.46. The van der Waals surface area contributed by atoms with Crippen LogP contribution in [0.3, 0.4) is 0 Å². The zero-order valence-electron chi connectivity index (χ0n) is 33.9. The molecule has 0 amide bonds. The number of carbonyl (C=O) groups is 6. The number of aryl methyl sites for hydroxylation is 1. The van der Waals surface area contributed by atoms with Gasteiger partial charge in [-0.3, -0.25) is 24.0 Å². The van der Waals surface area contributed by atoms with E-state index in [0.717, 1.165) is 65.7 Å². The van der Waals surface area contributed by atoms with E-state index in [4.69, 9.17) is 42.6 Å². The first kappa shape index (κ1) is 46.8. The number of benzene rings is 1. The monoisotopic (exact) mass is 806 g/mol. The fourth-order valence-electron chi connectivity index (χ4n) is 7.13. The minimum atomic E-state index is -1.50. The van der Waals surface area contributed by atoms with Crippen molar-refractivity contribution in [2.75, 3.05) is 13.7 Å². The largest absolute Gasteiger partial charge is 0.472 e. The first-order valence-corrected chi connectivity index (χ1v) is 19.5. The normalized spacial score (nSPS) is 24.8. The lowest BCUT2D eigenvalue weighted by Crippen LogP contribution is -2.63. The van der Waals surface area contributed by atoms with E-state index in [1.807, 2.05) is 19.1 Å². The Morgan fingerprint density at radius 3 is 1.91 bits per heavy atom. The molecular weight excluding hydrogens is 748 g/mol. The summed E-state index contributed by atoms with van der Waals surface area (Å²) in [6, 6.07) is 7.52. The maximum Gasteiger partial charge on any atom is 0.337 e. The number of rotatable bonds is 21. The van der Waals surface area contributed by atoms with Crippen LogP contribution < -0.4 is 4.74 Å². The Morgan fingerprint density at radius 2 is 1.33 bits per heavy atom. The van der Waals surface area contributed by atoms with E-state index in [0.29, 0.717) is 18.6 Å². The summed E-state index contributed by atoms with van der Waals surface area (Å²) in [5.74, 6) is -4.58. The first-order chi connectivity index (χ1) is 27.1. The second-order valence-corrected chi connectivity index (χ2v) is 14.2. The van der Waals surface area contributed by atoms with E-state index in [-0.39, 0.29) is 18.0 Å². The molecule has 16 nitrogen and oxygen atoms in total. The molecule has 16 heteroatoms. The molecule has 0 unspecified atom stereocenters. The van der Waals surface area contributed by atoms with Crippen molar-refractivity contribution in [2.45, 2.75) is 149 Å². The summed E-state index contributed by atoms with van der Waals surface area (Å²) in [4.78, 5) is 72.5. The van der Waals surface area contributed by atoms with Crippen LogP contribution in [0.2, 0.25) is 0 Å². The van der Waals surface area contributed by atoms with Crippen LogP contribution in [-0.2, 0) is 73.1 Å². The van der Waals surface area contributed by atoms with Crippen LogP contribution in [0.5, 0.6) is 5.75 Å². The van der Waals surface area contributed by atoms with Gasteiger partial charge in [0.15, 0.2) is 18.3 Å². The van der Waals surface area contributed by atoms with Crippen LogP contribution in [0.15, 0.2) is 36.1 Å². The van der Waals surface area contributed by atoms with Gasteiger partial charge in [0, 0.05) is 46.5 Å². The van der Waals surface area contributed by atoms with Gasteiger partial charge in [-0.15, -0.1) is 0 Å². The zero-order chi connectivity index (χ0) is 42.1. The number of hydrogen-bond acceptors (Lipinski definition) is 16. The van der Waals surface area contributed by atoms with Crippen LogP contribution in [0, 0.1) is 11.8 Å². The molecule has 3 rings (SSSR count). The SMILES string of the molecule is CC[C@H]1[C@H](O[C@@H]2O[C@H](COC(C)=O)[C@@H](OC(C)=O)[C@H](OC(C)=O)[C@H]2OC(C)=O)OC=C(C(=O)OC)[C@H]1C[C@H](O)CCCCCCCCc1ccc(OC(C)=O)cc1. The molecule has 1 N–H and O–H groups in total. The Bertz CT molecular complexity index is 1520. The molecule has 1 saturated heterocycles. The Hall–Kier alpha value is -4.54. The maximum absolute atomic E-state index is 12.9. The Balaban J connectivity index is 1.67. The highest BCUT2D eigenvalue weighted by atomic mass is 16.8. The molecular formula is C41H58O16. The summed E-state index contributed by atoms with van der Waals surface area (Å²) in [7, 11) is 1.25. The van der Waals surface area contributed by atoms with Crippen molar-refractivity contribution < 1.29 is 76.5 Å². The Labute approximate surface area is 333 Å². The van der Waals surface area contributed by atoms with E-state index in [1.165, 1.54) is 32.8 Å². The minimum Gasteiger partial charge on any atom is -0.472 e. The Kier molecular flexibility index (Phi) is 19.4. The fourth-order valence-corrected chi connectivity index (χ4v) is 7.13. The third-order valence-corrected chi connectivity index (χ3v) is 9.67. The van der Waals surface area contributed by atoms with Gasteiger partial charge in [0.2, 0.25) is 12.6 Å². The number of carbonyl (C=O) groups excluding carboxylic acids is 6. The van der Waals surface area contributed by atoms with Gasteiger partial charge in [-0.05, 0) is 49.8 Å². The van der Waals surface area contributed by atoms with Crippen LogP contribution >= 0.6 is 0 Å². The van der Waals surface area contributed by atoms with Crippen LogP contribution in [0.1, 0.15) is 105 Å². The highest BCUT2D eigenvalue weighted by Gasteiger charge is 2.54. The van der Waals surface area contributed by atoms with Crippen molar-refractivity contribution in [3.8, 4) is 5.75 Å². The van der Waals surface area contributed by atoms with E-state index in [1.54, 1.807) is 12.1 Å². The zero-order valence-corrected chi connectivity index (χ0v) is 33.9. The van der Waals surface area contributed by atoms with Crippen molar-refractivity contribution in [2.24, 2.45) is 11.8 Å². The van der Waals surface area contributed by atoms with Gasteiger partial charge in [-0.2, -0.15) is 0 Å². The summed E-state index contributed by atoms with van der Waals surface area (Å²) in [5, 5.41) is 11.2. The summed E-state index contributed by atoms with van der Waals surface area (Å²) in [6.45, 7) is 7.33. The molecule has 318 valence electrons. The number of ether oxygens (including phenoxy) is 9. The number of unbranched alkanes of at least 4 members (excludes halogenated alkanes) is 5. The number of methoxy groups -OCH3 is 1. The number of aliphatic hydroxyl groups is 1. The lowest BCUT2D eigenvalue weighted by molar-refractivity contribution is -0.344. The topological polar surface area (TPSA) is 206 Å². The molecule has 0 aliphatic carbocycles. The van der Waals surface area contributed by atoms with Gasteiger partial charge in [0.1, 0.15) is 18.5 Å². The fraction of sp³-hybridized carbons (Fsp3) is 0.659. The lowest BCUT2D eigenvalue weighted by atomic mass is 9.78. The highest BCUT2D eigenvalue weighted by Crippen LogP contribution is 2.40. The smallest absolute Gasteiger partial charge is 0.337 e. The predicted octanol–water partition coefficient (Wildman–Crippen LogP) is 4.79. The summed E-state index contributed by atoms with van der Waals surface area (Å²) < 4.78 is 50.2. The molecule has 2 aliphatic rings. The minimum absolute atomic E-state index is 0.192. The van der Waals surface area contributed by atoms with Gasteiger partial charge in [-0.25, -0.2) is 4.79 Å². The number of hydrogen-bond donors (Lipinski definition) is 1. The van der Waals surface area contributed by atoms with Crippen molar-refractivity contribution in [1.82, 2.24) is 0 Å². The predicted molar refractivity (Wildman–Crippen MR) is 200 cm³/mol. The molecule has 0 aromatic heterocycles. The van der Waals surface area contributed by atoms with Gasteiger partial charge in [0.25, 0.3) is 0 Å². The molecule has 1 aromatic rings. The summed E-state index contributed by atoms with van der Waals surface area (Å²) in [5.41, 5.74) is 1.39. The third kappa shape index (κ3) is 15.4. The molecule has 1 aromatic carbocycles. The van der Waals surface area contributed by atoms with Gasteiger partial charge in [-0.1, -0.05) is 51.2 Å². The van der Waals surface area contributed by atoms with E-state index < -0.39 is 91.4 Å². The Morgan fingerprint density at radius 1 is 0.737 bits per heavy atom. The molecule has 1 fully saturated rings. The van der Waals surface area contributed by atoms with Gasteiger partial charge >= 0.3 is 35.8 Å². The van der Waals surface area contributed by atoms with Gasteiger partial charge < -0.3 is 47.7 Å². The van der Waals surface area contributed by atoms with Crippen LogP contribution in [0.25, 0.3) is 0 Å². The quantitative estimate of drug-likeness (QED) is 0.0767. The van der Waals surface area contributed by atoms with Crippen molar-refractivity contribution in [1.29, 1.82) is 0 Å². The first-order valence-electron chi connectivity index (χ1n) is 19.5. The third-order valence-electron chi connectivity index (χ3n) is 9.67. The number of esters is 6. The summed E-state index contributed by atoms with van der Waals surface area (Å²) >= 11 is 0.